The molecule has 0 spiro atoms. The summed E-state index contributed by atoms with van der Waals surface area (Å²) in [5, 5.41) is 11.8. The van der Waals surface area contributed by atoms with Crippen molar-refractivity contribution in [1.82, 2.24) is 9.79 Å². The van der Waals surface area contributed by atoms with Gasteiger partial charge in [-0.15, -0.1) is 0 Å². The van der Waals surface area contributed by atoms with Gasteiger partial charge in [0.15, 0.2) is 0 Å². The van der Waals surface area contributed by atoms with Gasteiger partial charge in [-0.05, 0) is 49.2 Å². The summed E-state index contributed by atoms with van der Waals surface area (Å²) in [5.74, 6) is -0.697. The smallest absolute Gasteiger partial charge is 0.416 e. The van der Waals surface area contributed by atoms with Crippen molar-refractivity contribution in [1.29, 1.82) is 0 Å². The molecule has 1 saturated heterocycles. The topological polar surface area (TPSA) is 108 Å². The number of rotatable bonds is 6. The van der Waals surface area contributed by atoms with Crippen LogP contribution in [0.4, 0.5) is 18.9 Å². The average molecular weight is 473 g/mol. The van der Waals surface area contributed by atoms with Crippen LogP contribution in [0.5, 0.6) is 5.75 Å². The molecule has 0 aromatic heterocycles. The third kappa shape index (κ3) is 4.97. The molecule has 0 bridgehead atoms. The number of hydrogen-bond donors (Lipinski definition) is 3. The highest BCUT2D eigenvalue weighted by molar-refractivity contribution is 7.89. The Labute approximate surface area is 183 Å². The maximum atomic E-state index is 13.2. The third-order valence-electron chi connectivity index (χ3n) is 5.13. The van der Waals surface area contributed by atoms with Crippen LogP contribution in [0, 0.1) is 0 Å². The van der Waals surface area contributed by atoms with Crippen LogP contribution >= 0.6 is 0 Å². The van der Waals surface area contributed by atoms with Gasteiger partial charge >= 0.3 is 6.18 Å². The molecule has 0 unspecified atom stereocenters. The monoisotopic (exact) mass is 473 g/mol. The molecule has 1 amide bonds. The van der Waals surface area contributed by atoms with Crippen molar-refractivity contribution in [3.8, 4) is 5.75 Å². The summed E-state index contributed by atoms with van der Waals surface area (Å²) in [5.41, 5.74) is 0.713. The van der Waals surface area contributed by atoms with Crippen molar-refractivity contribution in [2.24, 2.45) is 0 Å². The highest BCUT2D eigenvalue weighted by atomic mass is 32.2. The van der Waals surface area contributed by atoms with E-state index in [9.17, 15) is 26.4 Å². The molecule has 1 fully saturated rings. The van der Waals surface area contributed by atoms with Crippen LogP contribution in [0.3, 0.4) is 0 Å². The first-order chi connectivity index (χ1) is 15.1. The zero-order chi connectivity index (χ0) is 23.5. The van der Waals surface area contributed by atoms with Gasteiger partial charge in [-0.1, -0.05) is 6.07 Å². The Morgan fingerprint density at radius 2 is 1.75 bits per heavy atom. The average Bonchev–Trinajstić information content (AvgIpc) is 2.78. The van der Waals surface area contributed by atoms with Gasteiger partial charge in [-0.2, -0.15) is 17.5 Å². The molecule has 32 heavy (non-hydrogen) atoms. The second-order valence-electron chi connectivity index (χ2n) is 7.11. The predicted molar refractivity (Wildman–Crippen MR) is 109 cm³/mol. The van der Waals surface area contributed by atoms with E-state index in [2.05, 4.69) is 5.32 Å². The number of amides is 1. The van der Waals surface area contributed by atoms with Crippen LogP contribution in [0.25, 0.3) is 0 Å². The number of halogens is 3. The molecule has 3 N–H and O–H groups in total. The minimum Gasteiger partial charge on any atom is -0.490 e. The van der Waals surface area contributed by atoms with E-state index >= 15 is 0 Å². The van der Waals surface area contributed by atoms with Gasteiger partial charge in [0.1, 0.15) is 11.9 Å². The number of carbonyl (C=O) groups excluding carboxylic acids is 1. The Morgan fingerprint density at radius 3 is 2.28 bits per heavy atom. The van der Waals surface area contributed by atoms with Crippen molar-refractivity contribution < 1.29 is 36.3 Å². The SMILES string of the molecule is CNc1cccc(S(=O)(=O)N2CCC(Oc3ccc(C(F)(F)F)cc3)CC2)c1C(=O)NO. The van der Waals surface area contributed by atoms with Gasteiger partial charge in [0.05, 0.1) is 16.0 Å². The molecule has 1 heterocycles. The van der Waals surface area contributed by atoms with Gasteiger partial charge in [0.2, 0.25) is 10.0 Å². The number of benzene rings is 2. The summed E-state index contributed by atoms with van der Waals surface area (Å²) in [4.78, 5) is 11.9. The molecule has 12 heteroatoms. The van der Waals surface area contributed by atoms with Crippen molar-refractivity contribution in [2.45, 2.75) is 30.0 Å². The van der Waals surface area contributed by atoms with Gasteiger partial charge in [0, 0.05) is 25.8 Å². The highest BCUT2D eigenvalue weighted by Crippen LogP contribution is 2.32. The summed E-state index contributed by atoms with van der Waals surface area (Å²) in [7, 11) is -2.54. The fourth-order valence-electron chi connectivity index (χ4n) is 3.49. The van der Waals surface area contributed by atoms with E-state index in [0.29, 0.717) is 12.8 Å². The molecule has 3 rings (SSSR count). The zero-order valence-corrected chi connectivity index (χ0v) is 17.8. The number of carbonyl (C=O) groups is 1. The van der Waals surface area contributed by atoms with Crippen LogP contribution in [0.1, 0.15) is 28.8 Å². The Kier molecular flexibility index (Phi) is 6.96. The first-order valence-corrected chi connectivity index (χ1v) is 11.1. The predicted octanol–water partition coefficient (Wildman–Crippen LogP) is 3.10. The number of sulfonamides is 1. The number of nitrogens with one attached hydrogen (secondary N) is 2. The summed E-state index contributed by atoms with van der Waals surface area (Å²) in [6.07, 6.45) is -4.18. The minimum atomic E-state index is -4.44. The second-order valence-corrected chi connectivity index (χ2v) is 9.02. The quantitative estimate of drug-likeness (QED) is 0.440. The molecule has 0 radical (unpaired) electrons. The van der Waals surface area contributed by atoms with E-state index in [0.717, 1.165) is 12.1 Å². The molecule has 8 nitrogen and oxygen atoms in total. The lowest BCUT2D eigenvalue weighted by Gasteiger charge is -2.32. The molecule has 0 aliphatic carbocycles. The standard InChI is InChI=1S/C20H22F3N3O5S/c1-24-16-3-2-4-17(18(16)19(27)25-28)32(29,30)26-11-9-15(10-12-26)31-14-7-5-13(6-8-14)20(21,22)23/h2-8,15,24,28H,9-12H2,1H3,(H,25,27). The maximum Gasteiger partial charge on any atom is 0.416 e. The van der Waals surface area contributed by atoms with E-state index in [1.807, 2.05) is 0 Å². The van der Waals surface area contributed by atoms with E-state index in [4.69, 9.17) is 9.94 Å². The molecule has 0 atom stereocenters. The lowest BCUT2D eigenvalue weighted by Crippen LogP contribution is -2.42. The van der Waals surface area contributed by atoms with Crippen molar-refractivity contribution in [3.05, 3.63) is 53.6 Å². The lowest BCUT2D eigenvalue weighted by atomic mass is 10.1. The number of hydrogen-bond acceptors (Lipinski definition) is 6. The van der Waals surface area contributed by atoms with Crippen molar-refractivity contribution in [2.75, 3.05) is 25.5 Å². The first-order valence-electron chi connectivity index (χ1n) is 9.67. The molecule has 2 aromatic carbocycles. The van der Waals surface area contributed by atoms with Gasteiger partial charge in [-0.3, -0.25) is 10.0 Å². The van der Waals surface area contributed by atoms with Crippen LogP contribution in [0.2, 0.25) is 0 Å². The van der Waals surface area contributed by atoms with Crippen LogP contribution in [0.15, 0.2) is 47.4 Å². The number of anilines is 1. The molecule has 0 saturated carbocycles. The van der Waals surface area contributed by atoms with Gasteiger partial charge in [0.25, 0.3) is 5.91 Å². The molecule has 174 valence electrons. The fraction of sp³-hybridized carbons (Fsp3) is 0.350. The number of hydroxylamine groups is 1. The summed E-state index contributed by atoms with van der Waals surface area (Å²) in [6, 6.07) is 8.59. The maximum absolute atomic E-state index is 13.2. The normalized spacial score (nSPS) is 15.9. The lowest BCUT2D eigenvalue weighted by molar-refractivity contribution is -0.137. The van der Waals surface area contributed by atoms with E-state index in [1.54, 1.807) is 0 Å². The Bertz CT molecular complexity index is 1070. The molecular formula is C20H22F3N3O5S. The molecule has 2 aromatic rings. The summed E-state index contributed by atoms with van der Waals surface area (Å²) in [6.45, 7) is 0.190. The first kappa shape index (κ1) is 23.8. The molecule has 1 aliphatic heterocycles. The van der Waals surface area contributed by atoms with Crippen molar-refractivity contribution >= 4 is 21.6 Å². The Hall–Kier alpha value is -2.83. The van der Waals surface area contributed by atoms with E-state index < -0.39 is 27.7 Å². The number of ether oxygens (including phenoxy) is 1. The van der Waals surface area contributed by atoms with Crippen LogP contribution in [-0.4, -0.2) is 50.1 Å². The largest absolute Gasteiger partial charge is 0.490 e. The van der Waals surface area contributed by atoms with Crippen LogP contribution < -0.4 is 15.5 Å². The van der Waals surface area contributed by atoms with E-state index in [-0.39, 0.29) is 41.1 Å². The minimum absolute atomic E-state index is 0.0948. The Morgan fingerprint density at radius 1 is 1.12 bits per heavy atom. The van der Waals surface area contributed by atoms with Crippen molar-refractivity contribution in [3.63, 3.8) is 0 Å². The summed E-state index contributed by atoms with van der Waals surface area (Å²) >= 11 is 0. The highest BCUT2D eigenvalue weighted by Gasteiger charge is 2.34. The Balaban J connectivity index is 1.72. The van der Waals surface area contributed by atoms with Gasteiger partial charge in [-0.25, -0.2) is 13.9 Å². The number of piperidine rings is 1. The second kappa shape index (κ2) is 9.35. The summed E-state index contributed by atoms with van der Waals surface area (Å²) < 4.78 is 71.3. The molecule has 1 aliphatic rings. The fourth-order valence-corrected chi connectivity index (χ4v) is 5.17. The molecular weight excluding hydrogens is 451 g/mol. The van der Waals surface area contributed by atoms with Gasteiger partial charge < -0.3 is 10.1 Å². The third-order valence-corrected chi connectivity index (χ3v) is 7.07. The number of alkyl halides is 3. The van der Waals surface area contributed by atoms with E-state index in [1.165, 1.54) is 47.2 Å². The van der Waals surface area contributed by atoms with Crippen LogP contribution in [-0.2, 0) is 16.2 Å². The number of nitrogens with zero attached hydrogens (tertiary/aromatic N) is 1. The zero-order valence-electron chi connectivity index (χ0n) is 17.0.